The molecule has 3 heteroatoms. The summed E-state index contributed by atoms with van der Waals surface area (Å²) in [5.74, 6) is 2.61. The van der Waals surface area contributed by atoms with Crippen molar-refractivity contribution in [3.63, 3.8) is 0 Å². The van der Waals surface area contributed by atoms with E-state index in [9.17, 15) is 4.79 Å². The van der Waals surface area contributed by atoms with Gasteiger partial charge in [-0.3, -0.25) is 10.1 Å². The predicted octanol–water partition coefficient (Wildman–Crippen LogP) is 5.86. The lowest BCUT2D eigenvalue weighted by molar-refractivity contribution is -0.129. The Balaban J connectivity index is 2.07. The molecule has 0 aromatic carbocycles. The number of hydrogen-bond acceptors (Lipinski definition) is 3. The van der Waals surface area contributed by atoms with E-state index in [1.165, 1.54) is 38.5 Å². The van der Waals surface area contributed by atoms with Gasteiger partial charge in [-0.25, -0.2) is 0 Å². The van der Waals surface area contributed by atoms with E-state index in [1.807, 2.05) is 20.8 Å². The Kier molecular flexibility index (Phi) is 7.09. The van der Waals surface area contributed by atoms with Crippen molar-refractivity contribution in [1.29, 1.82) is 0 Å². The second kappa shape index (κ2) is 8.33. The molecule has 1 spiro atoms. The van der Waals surface area contributed by atoms with E-state index >= 15 is 0 Å². The van der Waals surface area contributed by atoms with Crippen LogP contribution in [0, 0.1) is 28.6 Å². The lowest BCUT2D eigenvalue weighted by Crippen LogP contribution is -2.48. The third-order valence-electron chi connectivity index (χ3n) is 7.28. The van der Waals surface area contributed by atoms with Crippen LogP contribution in [0.4, 0.5) is 0 Å². The molecule has 2 aliphatic rings. The van der Waals surface area contributed by atoms with Crippen LogP contribution in [-0.2, 0) is 4.79 Å². The van der Waals surface area contributed by atoms with Gasteiger partial charge in [0, 0.05) is 5.41 Å². The average molecular weight is 368 g/mol. The number of Topliss-reactive ketones (excluding diaryl/α,β-unsaturated/α-hetero) is 1. The molecule has 4 unspecified atom stereocenters. The zero-order chi connectivity index (χ0) is 18.8. The first-order valence-corrected chi connectivity index (χ1v) is 11.1. The summed E-state index contributed by atoms with van der Waals surface area (Å²) in [5.41, 5.74) is 0.306. The zero-order valence-corrected chi connectivity index (χ0v) is 18.3. The molecule has 0 amide bonds. The summed E-state index contributed by atoms with van der Waals surface area (Å²) >= 11 is 4.62. The summed E-state index contributed by atoms with van der Waals surface area (Å²) in [6.45, 7) is 13.2. The van der Waals surface area contributed by atoms with E-state index < -0.39 is 0 Å². The van der Waals surface area contributed by atoms with Crippen LogP contribution in [0.25, 0.3) is 0 Å². The Morgan fingerprint density at radius 3 is 2.12 bits per heavy atom. The van der Waals surface area contributed by atoms with Crippen molar-refractivity contribution in [2.75, 3.05) is 0 Å². The fourth-order valence-electron chi connectivity index (χ4n) is 5.72. The lowest BCUT2D eigenvalue weighted by atomic mass is 9.57. The van der Waals surface area contributed by atoms with Crippen molar-refractivity contribution in [3.8, 4) is 0 Å². The van der Waals surface area contributed by atoms with E-state index in [1.54, 1.807) is 0 Å². The van der Waals surface area contributed by atoms with Gasteiger partial charge in [0.15, 0.2) is 5.78 Å². The van der Waals surface area contributed by atoms with Crippen LogP contribution in [0.5, 0.6) is 0 Å². The molecule has 0 heterocycles. The first kappa shape index (κ1) is 21.3. The maximum Gasteiger partial charge on any atom is 0.155 e. The molecule has 0 radical (unpaired) electrons. The van der Waals surface area contributed by atoms with Gasteiger partial charge >= 0.3 is 0 Å². The standard InChI is InChI=1S/C22H41NOS/c1-7-19(25)23-18(20(24)21(4,5)6)14-17-12-15(2)22(16(3)13-17)10-8-9-11-22/h15-19,23,25H,7-14H2,1-6H3. The van der Waals surface area contributed by atoms with Gasteiger partial charge < -0.3 is 0 Å². The largest absolute Gasteiger partial charge is 0.297 e. The quantitative estimate of drug-likeness (QED) is 0.455. The molecule has 2 fully saturated rings. The first-order valence-electron chi connectivity index (χ1n) is 10.6. The van der Waals surface area contributed by atoms with Crippen LogP contribution >= 0.6 is 12.6 Å². The summed E-state index contributed by atoms with van der Waals surface area (Å²) in [7, 11) is 0. The minimum absolute atomic E-state index is 0.0514. The molecule has 2 aliphatic carbocycles. The predicted molar refractivity (Wildman–Crippen MR) is 111 cm³/mol. The number of ketones is 1. The molecule has 0 aromatic rings. The lowest BCUT2D eigenvalue weighted by Gasteiger charge is -2.49. The second-order valence-corrected chi connectivity index (χ2v) is 10.7. The van der Waals surface area contributed by atoms with Crippen LogP contribution in [0.2, 0.25) is 0 Å². The van der Waals surface area contributed by atoms with E-state index in [4.69, 9.17) is 0 Å². The van der Waals surface area contributed by atoms with Gasteiger partial charge in [-0.2, -0.15) is 12.6 Å². The molecule has 0 aromatic heterocycles. The third kappa shape index (κ3) is 4.83. The second-order valence-electron chi connectivity index (χ2n) is 10.1. The van der Waals surface area contributed by atoms with Crippen molar-refractivity contribution >= 4 is 18.4 Å². The highest BCUT2D eigenvalue weighted by Gasteiger charge is 2.48. The minimum Gasteiger partial charge on any atom is -0.297 e. The Morgan fingerprint density at radius 1 is 1.16 bits per heavy atom. The summed E-state index contributed by atoms with van der Waals surface area (Å²) in [4.78, 5) is 13.0. The van der Waals surface area contributed by atoms with Gasteiger partial charge in [0.25, 0.3) is 0 Å². The number of carbonyl (C=O) groups excluding carboxylic acids is 1. The summed E-state index contributed by atoms with van der Waals surface area (Å²) in [5, 5.41) is 3.63. The molecule has 0 saturated heterocycles. The van der Waals surface area contributed by atoms with Crippen molar-refractivity contribution in [3.05, 3.63) is 0 Å². The number of rotatable bonds is 6. The highest BCUT2D eigenvalue weighted by molar-refractivity contribution is 7.80. The van der Waals surface area contributed by atoms with Gasteiger partial charge in [-0.05, 0) is 61.7 Å². The average Bonchev–Trinajstić information content (AvgIpc) is 3.01. The molecule has 146 valence electrons. The van der Waals surface area contributed by atoms with Crippen LogP contribution in [0.3, 0.4) is 0 Å². The molecule has 25 heavy (non-hydrogen) atoms. The Morgan fingerprint density at radius 2 is 1.68 bits per heavy atom. The monoisotopic (exact) mass is 367 g/mol. The molecule has 1 N–H and O–H groups in total. The fourth-order valence-corrected chi connectivity index (χ4v) is 5.90. The van der Waals surface area contributed by atoms with Gasteiger partial charge in [0.05, 0.1) is 11.4 Å². The van der Waals surface area contributed by atoms with Crippen molar-refractivity contribution < 1.29 is 4.79 Å². The molecule has 4 atom stereocenters. The smallest absolute Gasteiger partial charge is 0.155 e. The molecular formula is C22H41NOS. The normalized spacial score (nSPS) is 31.9. The van der Waals surface area contributed by atoms with Crippen molar-refractivity contribution in [2.24, 2.45) is 28.6 Å². The molecular weight excluding hydrogens is 326 g/mol. The number of hydrogen-bond donors (Lipinski definition) is 2. The Hall–Kier alpha value is -0.0200. The van der Waals surface area contributed by atoms with E-state index in [-0.39, 0.29) is 16.8 Å². The zero-order valence-electron chi connectivity index (χ0n) is 17.4. The maximum atomic E-state index is 13.0. The molecule has 2 rings (SSSR count). The highest BCUT2D eigenvalue weighted by atomic mass is 32.1. The van der Waals surface area contributed by atoms with E-state index in [0.29, 0.717) is 17.1 Å². The summed E-state index contributed by atoms with van der Waals surface area (Å²) in [6.07, 6.45) is 10.2. The number of thiol groups is 1. The Bertz CT molecular complexity index is 435. The SMILES string of the molecule is CCC(S)NC(CC1CC(C)C2(CCCC2)C(C)C1)C(=O)C(C)(C)C. The fraction of sp³-hybridized carbons (Fsp3) is 0.955. The highest BCUT2D eigenvalue weighted by Crippen LogP contribution is 2.57. The van der Waals surface area contributed by atoms with Crippen molar-refractivity contribution in [2.45, 2.75) is 104 Å². The Labute approximate surface area is 161 Å². The van der Waals surface area contributed by atoms with E-state index in [2.05, 4.69) is 38.7 Å². The van der Waals surface area contributed by atoms with Crippen LogP contribution in [0.1, 0.15) is 92.9 Å². The molecule has 0 aliphatic heterocycles. The summed E-state index contributed by atoms with van der Waals surface area (Å²) < 4.78 is 0. The van der Waals surface area contributed by atoms with Gasteiger partial charge in [-0.1, -0.05) is 54.4 Å². The first-order chi connectivity index (χ1) is 11.6. The maximum absolute atomic E-state index is 13.0. The minimum atomic E-state index is -0.294. The third-order valence-corrected chi connectivity index (χ3v) is 7.79. The number of carbonyl (C=O) groups is 1. The van der Waals surface area contributed by atoms with Gasteiger partial charge in [0.2, 0.25) is 0 Å². The van der Waals surface area contributed by atoms with Gasteiger partial charge in [-0.15, -0.1) is 0 Å². The van der Waals surface area contributed by atoms with E-state index in [0.717, 1.165) is 24.7 Å². The van der Waals surface area contributed by atoms with Crippen LogP contribution < -0.4 is 5.32 Å². The van der Waals surface area contributed by atoms with Gasteiger partial charge in [0.1, 0.15) is 0 Å². The number of nitrogens with one attached hydrogen (secondary N) is 1. The van der Waals surface area contributed by atoms with Crippen LogP contribution in [0.15, 0.2) is 0 Å². The molecule has 2 nitrogen and oxygen atoms in total. The summed E-state index contributed by atoms with van der Waals surface area (Å²) in [6, 6.07) is -0.0514. The molecule has 2 saturated carbocycles. The van der Waals surface area contributed by atoms with Crippen LogP contribution in [-0.4, -0.2) is 17.2 Å². The molecule has 0 bridgehead atoms. The topological polar surface area (TPSA) is 29.1 Å². The van der Waals surface area contributed by atoms with Crippen molar-refractivity contribution in [1.82, 2.24) is 5.32 Å².